The summed E-state index contributed by atoms with van der Waals surface area (Å²) >= 11 is 0. The number of amides is 1. The van der Waals surface area contributed by atoms with Crippen molar-refractivity contribution in [2.24, 2.45) is 4.99 Å². The van der Waals surface area contributed by atoms with Crippen LogP contribution in [0.1, 0.15) is 55.5 Å². The molecule has 0 fully saturated rings. The van der Waals surface area contributed by atoms with Crippen LogP contribution in [0.25, 0.3) is 0 Å². The van der Waals surface area contributed by atoms with Gasteiger partial charge in [-0.3, -0.25) is 9.79 Å². The van der Waals surface area contributed by atoms with E-state index >= 15 is 0 Å². The van der Waals surface area contributed by atoms with Crippen molar-refractivity contribution in [1.82, 2.24) is 16.0 Å². The molecule has 0 aliphatic heterocycles. The molecule has 1 amide bonds. The van der Waals surface area contributed by atoms with E-state index in [0.717, 1.165) is 30.9 Å². The number of carbonyl (C=O) groups excluding carboxylic acids is 1. The van der Waals surface area contributed by atoms with Gasteiger partial charge in [0.05, 0.1) is 0 Å². The lowest BCUT2D eigenvalue weighted by Crippen LogP contribution is -2.37. The van der Waals surface area contributed by atoms with E-state index in [-0.39, 0.29) is 29.9 Å². The predicted octanol–water partition coefficient (Wildman–Crippen LogP) is 3.30. The van der Waals surface area contributed by atoms with Gasteiger partial charge >= 0.3 is 0 Å². The first-order valence-electron chi connectivity index (χ1n) is 8.52. The molecule has 0 atom stereocenters. The Morgan fingerprint density at radius 3 is 2.50 bits per heavy atom. The van der Waals surface area contributed by atoms with E-state index in [0.29, 0.717) is 18.7 Å². The number of nitrogens with zero attached hydrogens (tertiary/aromatic N) is 1. The number of hydrogen-bond donors (Lipinski definition) is 3. The third-order valence-electron chi connectivity index (χ3n) is 3.48. The molecule has 0 aromatic heterocycles. The Morgan fingerprint density at radius 2 is 1.83 bits per heavy atom. The maximum Gasteiger partial charge on any atom is 0.251 e. The first-order chi connectivity index (χ1) is 11.2. The number of unbranched alkanes of at least 4 members (excludes halogenated alkanes) is 2. The van der Waals surface area contributed by atoms with Crippen molar-refractivity contribution in [2.75, 3.05) is 20.1 Å². The minimum Gasteiger partial charge on any atom is -0.356 e. The fourth-order valence-electron chi connectivity index (χ4n) is 2.15. The van der Waals surface area contributed by atoms with Gasteiger partial charge in [-0.15, -0.1) is 24.0 Å². The van der Waals surface area contributed by atoms with Crippen LogP contribution < -0.4 is 16.0 Å². The smallest absolute Gasteiger partial charge is 0.251 e. The summed E-state index contributed by atoms with van der Waals surface area (Å²) in [5, 5.41) is 9.47. The van der Waals surface area contributed by atoms with E-state index < -0.39 is 0 Å². The van der Waals surface area contributed by atoms with Crippen molar-refractivity contribution in [2.45, 2.75) is 46.1 Å². The standard InChI is InChI=1S/C18H30N4O.HI/c1-4-6-7-12-21-18(19-3)22-14-15-9-8-10-16(13-15)17(23)20-11-5-2;/h8-10,13H,4-7,11-12,14H2,1-3H3,(H,20,23)(H2,19,21,22);1H. The van der Waals surface area contributed by atoms with Gasteiger partial charge < -0.3 is 16.0 Å². The molecular weight excluding hydrogens is 415 g/mol. The van der Waals surface area contributed by atoms with E-state index in [1.165, 1.54) is 12.8 Å². The van der Waals surface area contributed by atoms with Crippen LogP contribution in [0.3, 0.4) is 0 Å². The summed E-state index contributed by atoms with van der Waals surface area (Å²) in [6.07, 6.45) is 4.51. The van der Waals surface area contributed by atoms with Gasteiger partial charge in [0.2, 0.25) is 0 Å². The van der Waals surface area contributed by atoms with E-state index in [1.54, 1.807) is 7.05 Å². The highest BCUT2D eigenvalue weighted by Crippen LogP contribution is 2.05. The Bertz CT molecular complexity index is 506. The van der Waals surface area contributed by atoms with Crippen LogP contribution in [-0.4, -0.2) is 32.0 Å². The van der Waals surface area contributed by atoms with Crippen molar-refractivity contribution in [3.05, 3.63) is 35.4 Å². The largest absolute Gasteiger partial charge is 0.356 e. The van der Waals surface area contributed by atoms with E-state index in [2.05, 4.69) is 27.9 Å². The van der Waals surface area contributed by atoms with E-state index in [9.17, 15) is 4.79 Å². The second kappa shape index (κ2) is 14.1. The summed E-state index contributed by atoms with van der Waals surface area (Å²) in [7, 11) is 1.77. The molecule has 136 valence electrons. The van der Waals surface area contributed by atoms with Gasteiger partial charge in [-0.2, -0.15) is 0 Å². The summed E-state index contributed by atoms with van der Waals surface area (Å²) < 4.78 is 0. The highest BCUT2D eigenvalue weighted by molar-refractivity contribution is 14.0. The summed E-state index contributed by atoms with van der Waals surface area (Å²) in [6.45, 7) is 6.50. The summed E-state index contributed by atoms with van der Waals surface area (Å²) in [6, 6.07) is 7.68. The number of hydrogen-bond acceptors (Lipinski definition) is 2. The predicted molar refractivity (Wildman–Crippen MR) is 112 cm³/mol. The average molecular weight is 446 g/mol. The van der Waals surface area contributed by atoms with Gasteiger partial charge in [-0.1, -0.05) is 38.8 Å². The Hall–Kier alpha value is -1.31. The quantitative estimate of drug-likeness (QED) is 0.236. The Labute approximate surface area is 163 Å². The Morgan fingerprint density at radius 1 is 1.04 bits per heavy atom. The van der Waals surface area contributed by atoms with Crippen LogP contribution in [0.15, 0.2) is 29.3 Å². The fraction of sp³-hybridized carbons (Fsp3) is 0.556. The second-order valence-corrected chi connectivity index (χ2v) is 5.52. The SMILES string of the molecule is CCCCCNC(=NC)NCc1cccc(C(=O)NCCC)c1.I. The van der Waals surface area contributed by atoms with Crippen LogP contribution in [-0.2, 0) is 6.54 Å². The minimum absolute atomic E-state index is 0. The van der Waals surface area contributed by atoms with Crippen LogP contribution in [0.2, 0.25) is 0 Å². The lowest BCUT2D eigenvalue weighted by molar-refractivity contribution is 0.0953. The summed E-state index contributed by atoms with van der Waals surface area (Å²) in [5.41, 5.74) is 1.76. The van der Waals surface area contributed by atoms with Gasteiger partial charge in [0, 0.05) is 32.2 Å². The van der Waals surface area contributed by atoms with Crippen molar-refractivity contribution < 1.29 is 4.79 Å². The number of aliphatic imine (C=N–C) groups is 1. The molecule has 24 heavy (non-hydrogen) atoms. The Balaban J connectivity index is 0.00000529. The summed E-state index contributed by atoms with van der Waals surface area (Å²) in [4.78, 5) is 16.2. The molecule has 1 aromatic rings. The maximum absolute atomic E-state index is 12.0. The van der Waals surface area contributed by atoms with Gasteiger partial charge in [0.15, 0.2) is 5.96 Å². The summed E-state index contributed by atoms with van der Waals surface area (Å²) in [5.74, 6) is 0.776. The van der Waals surface area contributed by atoms with Crippen molar-refractivity contribution >= 4 is 35.8 Å². The van der Waals surface area contributed by atoms with Gasteiger partial charge in [0.25, 0.3) is 5.91 Å². The molecule has 0 unspecified atom stereocenters. The first kappa shape index (κ1) is 22.7. The topological polar surface area (TPSA) is 65.5 Å². The molecule has 1 aromatic carbocycles. The van der Waals surface area contributed by atoms with Gasteiger partial charge in [0.1, 0.15) is 0 Å². The molecule has 0 heterocycles. The number of rotatable bonds is 9. The van der Waals surface area contributed by atoms with E-state index in [4.69, 9.17) is 0 Å². The molecule has 3 N–H and O–H groups in total. The van der Waals surface area contributed by atoms with Crippen molar-refractivity contribution in [1.29, 1.82) is 0 Å². The highest BCUT2D eigenvalue weighted by Gasteiger charge is 2.05. The maximum atomic E-state index is 12.0. The number of guanidine groups is 1. The van der Waals surface area contributed by atoms with Crippen molar-refractivity contribution in [3.63, 3.8) is 0 Å². The van der Waals surface area contributed by atoms with Crippen LogP contribution in [0.5, 0.6) is 0 Å². The molecular formula is C18H31IN4O. The average Bonchev–Trinajstić information content (AvgIpc) is 2.59. The minimum atomic E-state index is -0.0178. The molecule has 6 heteroatoms. The molecule has 1 rings (SSSR count). The van der Waals surface area contributed by atoms with Crippen LogP contribution >= 0.6 is 24.0 Å². The molecule has 0 bridgehead atoms. The zero-order valence-corrected chi connectivity index (χ0v) is 17.4. The molecule has 0 aliphatic rings. The third-order valence-corrected chi connectivity index (χ3v) is 3.48. The molecule has 0 aliphatic carbocycles. The van der Waals surface area contributed by atoms with Gasteiger partial charge in [-0.05, 0) is 30.5 Å². The molecule has 0 saturated heterocycles. The first-order valence-corrected chi connectivity index (χ1v) is 8.52. The fourth-order valence-corrected chi connectivity index (χ4v) is 2.15. The van der Waals surface area contributed by atoms with Crippen molar-refractivity contribution in [3.8, 4) is 0 Å². The second-order valence-electron chi connectivity index (χ2n) is 5.52. The number of carbonyl (C=O) groups is 1. The lowest BCUT2D eigenvalue weighted by atomic mass is 10.1. The number of halogens is 1. The van der Waals surface area contributed by atoms with Crippen LogP contribution in [0.4, 0.5) is 0 Å². The zero-order chi connectivity index (χ0) is 16.9. The van der Waals surface area contributed by atoms with E-state index in [1.807, 2.05) is 31.2 Å². The molecule has 0 radical (unpaired) electrons. The Kier molecular flexibility index (Phi) is 13.3. The number of benzene rings is 1. The lowest BCUT2D eigenvalue weighted by Gasteiger charge is -2.12. The zero-order valence-electron chi connectivity index (χ0n) is 15.0. The monoisotopic (exact) mass is 446 g/mol. The highest BCUT2D eigenvalue weighted by atomic mass is 127. The van der Waals surface area contributed by atoms with Gasteiger partial charge in [-0.25, -0.2) is 0 Å². The van der Waals surface area contributed by atoms with Crippen LogP contribution in [0, 0.1) is 0 Å². The molecule has 5 nitrogen and oxygen atoms in total. The normalized spacial score (nSPS) is 10.7. The molecule has 0 saturated carbocycles. The number of nitrogens with one attached hydrogen (secondary N) is 3. The third kappa shape index (κ3) is 9.10. The molecule has 0 spiro atoms.